The smallest absolute Gasteiger partial charge is 0.175 e. The molecule has 3 aromatic carbocycles. The van der Waals surface area contributed by atoms with E-state index in [9.17, 15) is 18.6 Å². The maximum atomic E-state index is 12.2. The molecule has 0 amide bonds. The van der Waals surface area contributed by atoms with E-state index in [0.717, 1.165) is 17.4 Å². The van der Waals surface area contributed by atoms with E-state index in [1.165, 1.54) is 6.07 Å². The van der Waals surface area contributed by atoms with Crippen molar-refractivity contribution in [2.75, 3.05) is 6.26 Å². The summed E-state index contributed by atoms with van der Waals surface area (Å²) in [5, 5.41) is 21.2. The van der Waals surface area contributed by atoms with Crippen molar-refractivity contribution in [3.05, 3.63) is 87.7 Å². The summed E-state index contributed by atoms with van der Waals surface area (Å²) >= 11 is 13.1. The summed E-state index contributed by atoms with van der Waals surface area (Å²) in [6, 6.07) is 15.8. The summed E-state index contributed by atoms with van der Waals surface area (Å²) in [5.74, 6) is 0.577. The van der Waals surface area contributed by atoms with Gasteiger partial charge in [0.1, 0.15) is 11.4 Å². The van der Waals surface area contributed by atoms with Crippen molar-refractivity contribution < 1.29 is 18.6 Å². The zero-order chi connectivity index (χ0) is 26.4. The third-order valence-corrected chi connectivity index (χ3v) is 7.91. The molecule has 0 saturated heterocycles. The average Bonchev–Trinajstić information content (AvgIpc) is 3.25. The summed E-state index contributed by atoms with van der Waals surface area (Å²) in [6.45, 7) is 4.85. The zero-order valence-electron chi connectivity index (χ0n) is 20.3. The molecule has 0 aliphatic heterocycles. The van der Waals surface area contributed by atoms with E-state index in [-0.39, 0.29) is 11.5 Å². The Morgan fingerprint density at radius 1 is 1.00 bits per heavy atom. The third-order valence-electron chi connectivity index (χ3n) is 6.02. The first-order valence-corrected chi connectivity index (χ1v) is 13.8. The van der Waals surface area contributed by atoms with Crippen LogP contribution in [0.1, 0.15) is 30.7 Å². The number of benzene rings is 3. The van der Waals surface area contributed by atoms with E-state index in [2.05, 4.69) is 0 Å². The molecule has 0 aliphatic carbocycles. The standard InChI is InChI=1S/C27H26Cl2N2O4S/c1-16-20(6-5-7-21(16)28)26-30-25(27(2,3)33)14-31(26)23-11-10-17(12-22(23)29)18-8-9-19(15-32)24(13-18)36(4,34)35/h5-14,32-33H,15H2,1-4H3. The highest BCUT2D eigenvalue weighted by molar-refractivity contribution is 7.90. The Hall–Kier alpha value is -2.68. The van der Waals surface area contributed by atoms with Gasteiger partial charge in [-0.25, -0.2) is 13.4 Å². The first-order valence-electron chi connectivity index (χ1n) is 11.1. The first-order chi connectivity index (χ1) is 16.8. The number of aliphatic hydroxyl groups is 2. The topological polar surface area (TPSA) is 92.4 Å². The molecule has 0 bridgehead atoms. The van der Waals surface area contributed by atoms with Crippen LogP contribution >= 0.6 is 23.2 Å². The van der Waals surface area contributed by atoms with Gasteiger partial charge < -0.3 is 10.2 Å². The van der Waals surface area contributed by atoms with Gasteiger partial charge in [0.25, 0.3) is 0 Å². The average molecular weight is 545 g/mol. The van der Waals surface area contributed by atoms with Crippen molar-refractivity contribution in [1.29, 1.82) is 0 Å². The normalized spacial score (nSPS) is 12.2. The van der Waals surface area contributed by atoms with Crippen molar-refractivity contribution in [3.8, 4) is 28.2 Å². The van der Waals surface area contributed by atoms with Crippen LogP contribution in [0.25, 0.3) is 28.2 Å². The van der Waals surface area contributed by atoms with Crippen LogP contribution in [0, 0.1) is 6.92 Å². The number of hydrogen-bond donors (Lipinski definition) is 2. The molecule has 0 saturated carbocycles. The maximum Gasteiger partial charge on any atom is 0.175 e. The van der Waals surface area contributed by atoms with Crippen LogP contribution in [-0.2, 0) is 22.0 Å². The van der Waals surface area contributed by atoms with Gasteiger partial charge in [-0.2, -0.15) is 0 Å². The van der Waals surface area contributed by atoms with Crippen molar-refractivity contribution in [3.63, 3.8) is 0 Å². The lowest BCUT2D eigenvalue weighted by Crippen LogP contribution is -2.15. The molecule has 0 atom stereocenters. The SMILES string of the molecule is Cc1c(Cl)cccc1-c1nc(C(C)(C)O)cn1-c1ccc(-c2ccc(CO)c(S(C)(=O)=O)c2)cc1Cl. The quantitative estimate of drug-likeness (QED) is 0.313. The molecule has 188 valence electrons. The Bertz CT molecular complexity index is 1570. The summed E-state index contributed by atoms with van der Waals surface area (Å²) in [7, 11) is -3.53. The highest BCUT2D eigenvalue weighted by Gasteiger charge is 2.25. The van der Waals surface area contributed by atoms with Crippen LogP contribution in [0.5, 0.6) is 0 Å². The van der Waals surface area contributed by atoms with Gasteiger partial charge >= 0.3 is 0 Å². The van der Waals surface area contributed by atoms with Crippen LogP contribution in [0.3, 0.4) is 0 Å². The number of nitrogens with zero attached hydrogens (tertiary/aromatic N) is 2. The number of aromatic nitrogens is 2. The number of rotatable bonds is 6. The fourth-order valence-electron chi connectivity index (χ4n) is 3.99. The Morgan fingerprint density at radius 3 is 2.28 bits per heavy atom. The molecule has 9 heteroatoms. The van der Waals surface area contributed by atoms with Crippen molar-refractivity contribution in [2.24, 2.45) is 0 Å². The second kappa shape index (κ2) is 9.65. The number of aliphatic hydroxyl groups excluding tert-OH is 1. The third kappa shape index (κ3) is 5.08. The number of imidazole rings is 1. The lowest BCUT2D eigenvalue weighted by Gasteiger charge is -2.14. The predicted molar refractivity (Wildman–Crippen MR) is 143 cm³/mol. The fourth-order valence-corrected chi connectivity index (χ4v) is 5.39. The monoisotopic (exact) mass is 544 g/mol. The first kappa shape index (κ1) is 26.4. The number of hydrogen-bond acceptors (Lipinski definition) is 5. The van der Waals surface area contributed by atoms with E-state index in [0.29, 0.717) is 43.9 Å². The highest BCUT2D eigenvalue weighted by Crippen LogP contribution is 2.36. The van der Waals surface area contributed by atoms with Gasteiger partial charge in [0, 0.05) is 23.0 Å². The minimum Gasteiger partial charge on any atom is -0.392 e. The lowest BCUT2D eigenvalue weighted by atomic mass is 10.0. The van der Waals surface area contributed by atoms with Gasteiger partial charge in [0.15, 0.2) is 9.84 Å². The summed E-state index contributed by atoms with van der Waals surface area (Å²) < 4.78 is 26.3. The van der Waals surface area contributed by atoms with E-state index in [4.69, 9.17) is 28.2 Å². The largest absolute Gasteiger partial charge is 0.392 e. The maximum absolute atomic E-state index is 12.2. The Balaban J connectivity index is 1.87. The van der Waals surface area contributed by atoms with Gasteiger partial charge in [0.2, 0.25) is 0 Å². The van der Waals surface area contributed by atoms with Gasteiger partial charge in [0.05, 0.1) is 27.9 Å². The van der Waals surface area contributed by atoms with Crippen LogP contribution in [0.15, 0.2) is 65.7 Å². The van der Waals surface area contributed by atoms with Crippen LogP contribution in [0.4, 0.5) is 0 Å². The van der Waals surface area contributed by atoms with Gasteiger partial charge in [-0.05, 0) is 67.3 Å². The van der Waals surface area contributed by atoms with E-state index < -0.39 is 15.4 Å². The molecular weight excluding hydrogens is 519 g/mol. The van der Waals surface area contributed by atoms with Crippen LogP contribution in [-0.4, -0.2) is 34.4 Å². The molecule has 1 aromatic heterocycles. The second-order valence-electron chi connectivity index (χ2n) is 9.21. The molecule has 0 fully saturated rings. The van der Waals surface area contributed by atoms with Crippen molar-refractivity contribution in [2.45, 2.75) is 37.9 Å². The minimum absolute atomic E-state index is 0.0749. The minimum atomic E-state index is -3.53. The van der Waals surface area contributed by atoms with Crippen LogP contribution in [0.2, 0.25) is 10.0 Å². The molecular formula is C27H26Cl2N2O4S. The number of sulfone groups is 1. The lowest BCUT2D eigenvalue weighted by molar-refractivity contribution is 0.0743. The molecule has 2 N–H and O–H groups in total. The molecule has 1 heterocycles. The molecule has 4 aromatic rings. The summed E-state index contributed by atoms with van der Waals surface area (Å²) in [6.07, 6.45) is 2.86. The zero-order valence-corrected chi connectivity index (χ0v) is 22.6. The number of halogens is 2. The summed E-state index contributed by atoms with van der Waals surface area (Å²) in [5.41, 5.74) is 3.26. The van der Waals surface area contributed by atoms with E-state index >= 15 is 0 Å². The Kier molecular flexibility index (Phi) is 7.07. The van der Waals surface area contributed by atoms with E-state index in [1.807, 2.05) is 35.8 Å². The molecule has 0 spiro atoms. The Morgan fingerprint density at radius 2 is 1.67 bits per heavy atom. The molecule has 0 radical (unpaired) electrons. The summed E-state index contributed by atoms with van der Waals surface area (Å²) in [4.78, 5) is 4.79. The molecule has 0 unspecified atom stereocenters. The second-order valence-corrected chi connectivity index (χ2v) is 12.0. The molecule has 36 heavy (non-hydrogen) atoms. The molecule has 4 rings (SSSR count). The fraction of sp³-hybridized carbons (Fsp3) is 0.222. The molecule has 6 nitrogen and oxygen atoms in total. The van der Waals surface area contributed by atoms with Gasteiger partial charge in [-0.1, -0.05) is 53.5 Å². The van der Waals surface area contributed by atoms with Crippen LogP contribution < -0.4 is 0 Å². The molecule has 0 aliphatic rings. The van der Waals surface area contributed by atoms with Gasteiger partial charge in [-0.15, -0.1) is 0 Å². The van der Waals surface area contributed by atoms with Crippen molar-refractivity contribution in [1.82, 2.24) is 9.55 Å². The van der Waals surface area contributed by atoms with E-state index in [1.54, 1.807) is 44.3 Å². The Labute approximate surface area is 220 Å². The van der Waals surface area contributed by atoms with Crippen molar-refractivity contribution >= 4 is 33.0 Å². The highest BCUT2D eigenvalue weighted by atomic mass is 35.5. The predicted octanol–water partition coefficient (Wildman–Crippen LogP) is 5.94. The van der Waals surface area contributed by atoms with Gasteiger partial charge in [-0.3, -0.25) is 4.57 Å².